The van der Waals surface area contributed by atoms with Crippen LogP contribution in [-0.4, -0.2) is 24.4 Å². The highest BCUT2D eigenvalue weighted by Gasteiger charge is 2.08. The number of nitrogens with two attached hydrogens (primary N) is 1. The number of hydrogen-bond acceptors (Lipinski definition) is 4. The molecular formula is C16H21N3OS. The van der Waals surface area contributed by atoms with Crippen LogP contribution in [0.4, 0.5) is 11.4 Å². The first-order chi connectivity index (χ1) is 10.1. The lowest BCUT2D eigenvalue weighted by molar-refractivity contribution is -0.116. The molecule has 0 atom stereocenters. The van der Waals surface area contributed by atoms with Gasteiger partial charge in [-0.3, -0.25) is 4.79 Å². The Labute approximate surface area is 129 Å². The molecule has 4 nitrogen and oxygen atoms in total. The van der Waals surface area contributed by atoms with E-state index in [1.54, 1.807) is 11.3 Å². The van der Waals surface area contributed by atoms with Gasteiger partial charge in [-0.1, -0.05) is 12.1 Å². The van der Waals surface area contributed by atoms with Crippen molar-refractivity contribution >= 4 is 28.6 Å². The van der Waals surface area contributed by atoms with Crippen molar-refractivity contribution in [3.8, 4) is 0 Å². The van der Waals surface area contributed by atoms with Crippen molar-refractivity contribution in [2.45, 2.75) is 19.9 Å². The average Bonchev–Trinajstić information content (AvgIpc) is 2.94. The number of thiophene rings is 1. The van der Waals surface area contributed by atoms with Crippen LogP contribution in [0.2, 0.25) is 0 Å². The molecule has 0 bridgehead atoms. The maximum atomic E-state index is 12.0. The summed E-state index contributed by atoms with van der Waals surface area (Å²) in [4.78, 5) is 15.5. The molecule has 2 rings (SSSR count). The molecule has 0 unspecified atom stereocenters. The van der Waals surface area contributed by atoms with Crippen LogP contribution in [0, 0.1) is 6.92 Å². The quantitative estimate of drug-likeness (QED) is 0.806. The second-order valence-electron chi connectivity index (χ2n) is 5.14. The van der Waals surface area contributed by atoms with Crippen LogP contribution < -0.4 is 11.1 Å². The number of carbonyl (C=O) groups excluding carboxylic acids is 1. The average molecular weight is 303 g/mol. The zero-order valence-corrected chi connectivity index (χ0v) is 13.2. The van der Waals surface area contributed by atoms with E-state index in [0.29, 0.717) is 12.1 Å². The van der Waals surface area contributed by atoms with E-state index in [0.717, 1.165) is 24.3 Å². The molecule has 0 spiro atoms. The second kappa shape index (κ2) is 7.24. The van der Waals surface area contributed by atoms with Crippen molar-refractivity contribution < 1.29 is 4.79 Å². The molecule has 0 saturated carbocycles. The number of hydrogen-bond donors (Lipinski definition) is 2. The largest absolute Gasteiger partial charge is 0.398 e. The van der Waals surface area contributed by atoms with Gasteiger partial charge in [0.1, 0.15) is 0 Å². The molecule has 21 heavy (non-hydrogen) atoms. The van der Waals surface area contributed by atoms with Crippen molar-refractivity contribution in [2.75, 3.05) is 24.6 Å². The van der Waals surface area contributed by atoms with E-state index < -0.39 is 0 Å². The summed E-state index contributed by atoms with van der Waals surface area (Å²) in [6.07, 6.45) is 0.468. The van der Waals surface area contributed by atoms with Gasteiger partial charge in [0.25, 0.3) is 0 Å². The molecule has 1 aromatic heterocycles. The zero-order chi connectivity index (χ0) is 15.2. The van der Waals surface area contributed by atoms with Crippen molar-refractivity contribution in [3.05, 3.63) is 46.2 Å². The van der Waals surface area contributed by atoms with Gasteiger partial charge in [0, 0.05) is 35.8 Å². The van der Waals surface area contributed by atoms with E-state index in [-0.39, 0.29) is 5.91 Å². The van der Waals surface area contributed by atoms with Crippen LogP contribution in [0.25, 0.3) is 0 Å². The van der Waals surface area contributed by atoms with E-state index in [1.807, 2.05) is 38.2 Å². The van der Waals surface area contributed by atoms with E-state index >= 15 is 0 Å². The molecule has 2 aromatic rings. The van der Waals surface area contributed by atoms with Gasteiger partial charge in [0.05, 0.1) is 0 Å². The summed E-state index contributed by atoms with van der Waals surface area (Å²) < 4.78 is 0. The lowest BCUT2D eigenvalue weighted by Crippen LogP contribution is -2.24. The van der Waals surface area contributed by atoms with Crippen molar-refractivity contribution in [2.24, 2.45) is 0 Å². The summed E-state index contributed by atoms with van der Waals surface area (Å²) in [6, 6.07) is 9.71. The number of nitrogens with one attached hydrogen (secondary N) is 1. The van der Waals surface area contributed by atoms with E-state index in [4.69, 9.17) is 5.73 Å². The summed E-state index contributed by atoms with van der Waals surface area (Å²) in [5, 5.41) is 4.99. The molecule has 3 N–H and O–H groups in total. The highest BCUT2D eigenvalue weighted by Crippen LogP contribution is 2.20. The molecule has 0 aliphatic carbocycles. The topological polar surface area (TPSA) is 58.4 Å². The smallest absolute Gasteiger partial charge is 0.225 e. The molecule has 0 radical (unpaired) electrons. The van der Waals surface area contributed by atoms with E-state index in [9.17, 15) is 4.79 Å². The van der Waals surface area contributed by atoms with Gasteiger partial charge in [0.15, 0.2) is 0 Å². The molecule has 0 aliphatic rings. The Kier molecular flexibility index (Phi) is 5.36. The van der Waals surface area contributed by atoms with Gasteiger partial charge < -0.3 is 16.0 Å². The van der Waals surface area contributed by atoms with Gasteiger partial charge in [-0.25, -0.2) is 0 Å². The third-order valence-electron chi connectivity index (χ3n) is 3.38. The Balaban J connectivity index is 1.80. The summed E-state index contributed by atoms with van der Waals surface area (Å²) in [6.45, 7) is 3.52. The third-order valence-corrected chi connectivity index (χ3v) is 4.24. The molecule has 1 aromatic carbocycles. The van der Waals surface area contributed by atoms with Gasteiger partial charge in [0.2, 0.25) is 5.91 Å². The van der Waals surface area contributed by atoms with Gasteiger partial charge >= 0.3 is 0 Å². The minimum atomic E-state index is 0.0155. The summed E-state index contributed by atoms with van der Waals surface area (Å²) in [5.41, 5.74) is 8.24. The number of nitrogen functional groups attached to an aromatic ring is 1. The molecular weight excluding hydrogens is 282 g/mol. The van der Waals surface area contributed by atoms with Crippen LogP contribution >= 0.6 is 11.3 Å². The third kappa shape index (κ3) is 4.58. The molecule has 0 fully saturated rings. The Morgan fingerprint density at radius 3 is 2.86 bits per heavy atom. The number of benzene rings is 1. The minimum Gasteiger partial charge on any atom is -0.398 e. The predicted octanol–water partition coefficient (Wildman–Crippen LogP) is 3.10. The minimum absolute atomic E-state index is 0.0155. The number of nitrogens with zero attached hydrogens (tertiary/aromatic N) is 1. The fraction of sp³-hybridized carbons (Fsp3) is 0.312. The van der Waals surface area contributed by atoms with E-state index in [2.05, 4.69) is 21.7 Å². The summed E-state index contributed by atoms with van der Waals surface area (Å²) in [5.74, 6) is 0.0155. The first kappa shape index (κ1) is 15.5. The Morgan fingerprint density at radius 1 is 1.33 bits per heavy atom. The van der Waals surface area contributed by atoms with E-state index in [1.165, 1.54) is 4.88 Å². The normalized spacial score (nSPS) is 10.8. The molecule has 0 saturated heterocycles. The van der Waals surface area contributed by atoms with Crippen molar-refractivity contribution in [1.82, 2.24) is 4.90 Å². The van der Waals surface area contributed by atoms with Crippen LogP contribution in [0.15, 0.2) is 35.7 Å². The molecule has 112 valence electrons. The Hall–Kier alpha value is -1.85. The fourth-order valence-corrected chi connectivity index (χ4v) is 2.83. The lowest BCUT2D eigenvalue weighted by Gasteiger charge is -2.16. The van der Waals surface area contributed by atoms with Crippen LogP contribution in [0.5, 0.6) is 0 Å². The first-order valence-electron chi connectivity index (χ1n) is 6.92. The number of rotatable bonds is 6. The number of anilines is 2. The highest BCUT2D eigenvalue weighted by molar-refractivity contribution is 7.09. The predicted molar refractivity (Wildman–Crippen MR) is 89.5 cm³/mol. The van der Waals surface area contributed by atoms with Crippen LogP contribution in [0.1, 0.15) is 16.9 Å². The van der Waals surface area contributed by atoms with Gasteiger partial charge in [-0.15, -0.1) is 11.3 Å². The second-order valence-corrected chi connectivity index (χ2v) is 6.17. The molecule has 1 amide bonds. The maximum absolute atomic E-state index is 12.0. The Morgan fingerprint density at radius 2 is 2.14 bits per heavy atom. The summed E-state index contributed by atoms with van der Waals surface area (Å²) >= 11 is 1.74. The van der Waals surface area contributed by atoms with Gasteiger partial charge in [-0.05, 0) is 43.1 Å². The van der Waals surface area contributed by atoms with Crippen molar-refractivity contribution in [3.63, 3.8) is 0 Å². The maximum Gasteiger partial charge on any atom is 0.225 e. The molecule has 1 heterocycles. The zero-order valence-electron chi connectivity index (χ0n) is 12.4. The van der Waals surface area contributed by atoms with Gasteiger partial charge in [-0.2, -0.15) is 0 Å². The highest BCUT2D eigenvalue weighted by atomic mass is 32.1. The Bertz CT molecular complexity index is 596. The van der Waals surface area contributed by atoms with Crippen LogP contribution in [0.3, 0.4) is 0 Å². The van der Waals surface area contributed by atoms with Crippen molar-refractivity contribution in [1.29, 1.82) is 0 Å². The lowest BCUT2D eigenvalue weighted by atomic mass is 10.1. The summed E-state index contributed by atoms with van der Waals surface area (Å²) in [7, 11) is 2.03. The first-order valence-corrected chi connectivity index (χ1v) is 7.80. The fourth-order valence-electron chi connectivity index (χ4n) is 2.04. The molecule has 0 aliphatic heterocycles. The monoisotopic (exact) mass is 303 g/mol. The standard InChI is InChI=1S/C16H21N3OS/c1-12-14(17)6-3-7-15(12)18-16(20)8-9-19(2)11-13-5-4-10-21-13/h3-7,10H,8-9,11,17H2,1-2H3,(H,18,20). The number of carbonyl (C=O) groups is 1. The SMILES string of the molecule is Cc1c(N)cccc1NC(=O)CCN(C)Cc1cccs1. The number of amides is 1. The molecule has 5 heteroatoms. The van der Waals surface area contributed by atoms with Crippen LogP contribution in [-0.2, 0) is 11.3 Å².